The van der Waals surface area contributed by atoms with Crippen molar-refractivity contribution in [1.82, 2.24) is 9.88 Å². The molecule has 1 fully saturated rings. The van der Waals surface area contributed by atoms with Crippen LogP contribution in [0.2, 0.25) is 5.15 Å². The molecule has 2 aromatic heterocycles. The summed E-state index contributed by atoms with van der Waals surface area (Å²) in [7, 11) is 0. The van der Waals surface area contributed by atoms with Crippen molar-refractivity contribution in [3.8, 4) is 0 Å². The number of nitrogens with zero attached hydrogens (tertiary/aromatic N) is 2. The van der Waals surface area contributed by atoms with Gasteiger partial charge in [-0.3, -0.25) is 4.79 Å². The first-order valence-corrected chi connectivity index (χ1v) is 8.25. The molecule has 6 heteroatoms. The summed E-state index contributed by atoms with van der Waals surface area (Å²) < 4.78 is 5.72. The molecule has 0 saturated carbocycles. The number of thioether (sulfide) groups is 1. The third-order valence-electron chi connectivity index (χ3n) is 3.45. The monoisotopic (exact) mass is 322 g/mol. The van der Waals surface area contributed by atoms with E-state index in [2.05, 4.69) is 4.98 Å². The largest absolute Gasteiger partial charge is 0.464 e. The van der Waals surface area contributed by atoms with Gasteiger partial charge in [0.1, 0.15) is 16.7 Å². The van der Waals surface area contributed by atoms with Crippen LogP contribution in [0.5, 0.6) is 0 Å². The first-order valence-electron chi connectivity index (χ1n) is 6.72. The van der Waals surface area contributed by atoms with Gasteiger partial charge in [-0.2, -0.15) is 11.8 Å². The number of hydrogen-bond donors (Lipinski definition) is 0. The van der Waals surface area contributed by atoms with Crippen molar-refractivity contribution in [2.45, 2.75) is 13.0 Å². The van der Waals surface area contributed by atoms with Crippen LogP contribution in [0.1, 0.15) is 27.9 Å². The molecule has 0 aliphatic carbocycles. The Hall–Kier alpha value is -1.46. The molecule has 1 amide bonds. The van der Waals surface area contributed by atoms with Crippen LogP contribution < -0.4 is 0 Å². The minimum Gasteiger partial charge on any atom is -0.464 e. The Bertz CT molecular complexity index is 659. The summed E-state index contributed by atoms with van der Waals surface area (Å²) in [5.41, 5.74) is 0.565. The molecule has 0 N–H and O–H groups in total. The molecule has 4 nitrogen and oxygen atoms in total. The second-order valence-electron chi connectivity index (χ2n) is 4.90. The van der Waals surface area contributed by atoms with Crippen molar-refractivity contribution < 1.29 is 9.21 Å². The Kier molecular flexibility index (Phi) is 4.22. The summed E-state index contributed by atoms with van der Waals surface area (Å²) in [6, 6.07) is 7.15. The Morgan fingerprint density at radius 2 is 2.33 bits per heavy atom. The van der Waals surface area contributed by atoms with Gasteiger partial charge in [-0.25, -0.2) is 4.98 Å². The van der Waals surface area contributed by atoms with Crippen LogP contribution in [0, 0.1) is 6.92 Å². The number of pyridine rings is 1. The molecule has 0 radical (unpaired) electrons. The van der Waals surface area contributed by atoms with E-state index in [0.29, 0.717) is 17.3 Å². The van der Waals surface area contributed by atoms with Gasteiger partial charge in [0.2, 0.25) is 0 Å². The predicted octanol–water partition coefficient (Wildman–Crippen LogP) is 3.57. The molecule has 2 aromatic rings. The van der Waals surface area contributed by atoms with Crippen LogP contribution in [0.25, 0.3) is 0 Å². The highest BCUT2D eigenvalue weighted by atomic mass is 35.5. The van der Waals surface area contributed by atoms with E-state index in [0.717, 1.165) is 23.0 Å². The van der Waals surface area contributed by atoms with E-state index in [4.69, 9.17) is 16.0 Å². The SMILES string of the molecule is Cc1ccc([C@@H]2CSCCN2C(=O)c2ccnc(Cl)c2)o1. The molecular weight excluding hydrogens is 308 g/mol. The van der Waals surface area contributed by atoms with Gasteiger partial charge in [0.05, 0.1) is 6.04 Å². The third-order valence-corrected chi connectivity index (χ3v) is 4.68. The summed E-state index contributed by atoms with van der Waals surface area (Å²) >= 11 is 7.71. The number of rotatable bonds is 2. The van der Waals surface area contributed by atoms with E-state index in [1.54, 1.807) is 18.3 Å². The van der Waals surface area contributed by atoms with Gasteiger partial charge in [0, 0.05) is 29.8 Å². The highest BCUT2D eigenvalue weighted by molar-refractivity contribution is 7.99. The fourth-order valence-electron chi connectivity index (χ4n) is 2.42. The molecule has 0 aromatic carbocycles. The van der Waals surface area contributed by atoms with E-state index in [1.165, 1.54) is 0 Å². The lowest BCUT2D eigenvalue weighted by atomic mass is 10.1. The van der Waals surface area contributed by atoms with Crippen molar-refractivity contribution in [2.75, 3.05) is 18.1 Å². The Morgan fingerprint density at radius 1 is 1.48 bits per heavy atom. The number of carbonyl (C=O) groups is 1. The summed E-state index contributed by atoms with van der Waals surface area (Å²) in [6.45, 7) is 2.61. The molecule has 0 bridgehead atoms. The number of hydrogen-bond acceptors (Lipinski definition) is 4. The zero-order valence-electron chi connectivity index (χ0n) is 11.6. The van der Waals surface area contributed by atoms with Crippen molar-refractivity contribution in [3.63, 3.8) is 0 Å². The maximum Gasteiger partial charge on any atom is 0.254 e. The first-order chi connectivity index (χ1) is 10.1. The molecule has 0 unspecified atom stereocenters. The fourth-order valence-corrected chi connectivity index (χ4v) is 3.65. The van der Waals surface area contributed by atoms with Crippen LogP contribution in [0.4, 0.5) is 0 Å². The third kappa shape index (κ3) is 3.09. The molecule has 110 valence electrons. The number of aryl methyl sites for hydroxylation is 1. The molecule has 3 heterocycles. The van der Waals surface area contributed by atoms with Gasteiger partial charge in [-0.15, -0.1) is 0 Å². The van der Waals surface area contributed by atoms with Gasteiger partial charge in [-0.1, -0.05) is 11.6 Å². The summed E-state index contributed by atoms with van der Waals surface area (Å²) in [5, 5.41) is 0.331. The minimum atomic E-state index is -0.0307. The summed E-state index contributed by atoms with van der Waals surface area (Å²) in [6.07, 6.45) is 1.56. The second kappa shape index (κ2) is 6.12. The molecule has 21 heavy (non-hydrogen) atoms. The number of carbonyl (C=O) groups excluding carboxylic acids is 1. The lowest BCUT2D eigenvalue weighted by Gasteiger charge is -2.34. The van der Waals surface area contributed by atoms with Gasteiger partial charge >= 0.3 is 0 Å². The van der Waals surface area contributed by atoms with Gasteiger partial charge in [-0.05, 0) is 31.2 Å². The predicted molar refractivity (Wildman–Crippen MR) is 83.8 cm³/mol. The molecular formula is C15H15ClN2O2S. The van der Waals surface area contributed by atoms with E-state index < -0.39 is 0 Å². The van der Waals surface area contributed by atoms with Crippen molar-refractivity contribution in [1.29, 1.82) is 0 Å². The van der Waals surface area contributed by atoms with Crippen LogP contribution in [0.15, 0.2) is 34.9 Å². The molecule has 1 atom stereocenters. The zero-order chi connectivity index (χ0) is 14.8. The van der Waals surface area contributed by atoms with E-state index in [-0.39, 0.29) is 11.9 Å². The van der Waals surface area contributed by atoms with Crippen molar-refractivity contribution in [3.05, 3.63) is 52.7 Å². The van der Waals surface area contributed by atoms with Crippen molar-refractivity contribution >= 4 is 29.3 Å². The molecule has 1 saturated heterocycles. The summed E-state index contributed by atoms with van der Waals surface area (Å²) in [4.78, 5) is 18.5. The van der Waals surface area contributed by atoms with Crippen molar-refractivity contribution in [2.24, 2.45) is 0 Å². The quantitative estimate of drug-likeness (QED) is 0.793. The average molecular weight is 323 g/mol. The highest BCUT2D eigenvalue weighted by Gasteiger charge is 2.31. The number of amides is 1. The number of halogens is 1. The highest BCUT2D eigenvalue weighted by Crippen LogP contribution is 2.32. The van der Waals surface area contributed by atoms with Crippen LogP contribution in [0.3, 0.4) is 0 Å². The molecule has 1 aliphatic rings. The normalized spacial score (nSPS) is 18.8. The standard InChI is InChI=1S/C15H15ClN2O2S/c1-10-2-3-13(20-10)12-9-21-7-6-18(12)15(19)11-4-5-17-14(16)8-11/h2-5,8,12H,6-7,9H2,1H3/t12-/m0/s1. The zero-order valence-corrected chi connectivity index (χ0v) is 13.2. The number of furan rings is 1. The molecule has 1 aliphatic heterocycles. The Balaban J connectivity index is 1.89. The second-order valence-corrected chi connectivity index (χ2v) is 6.44. The van der Waals surface area contributed by atoms with Crippen LogP contribution >= 0.6 is 23.4 Å². The fraction of sp³-hybridized carbons (Fsp3) is 0.333. The topological polar surface area (TPSA) is 46.3 Å². The average Bonchev–Trinajstić information content (AvgIpc) is 2.93. The Labute approximate surface area is 132 Å². The lowest BCUT2D eigenvalue weighted by Crippen LogP contribution is -2.40. The first kappa shape index (κ1) is 14.5. The van der Waals surface area contributed by atoms with E-state index in [9.17, 15) is 4.79 Å². The Morgan fingerprint density at radius 3 is 3.05 bits per heavy atom. The van der Waals surface area contributed by atoms with Crippen LogP contribution in [-0.4, -0.2) is 33.8 Å². The van der Waals surface area contributed by atoms with Crippen LogP contribution in [-0.2, 0) is 0 Å². The van der Waals surface area contributed by atoms with E-state index >= 15 is 0 Å². The minimum absolute atomic E-state index is 0.0290. The summed E-state index contributed by atoms with van der Waals surface area (Å²) in [5.74, 6) is 3.45. The lowest BCUT2D eigenvalue weighted by molar-refractivity contribution is 0.0681. The van der Waals surface area contributed by atoms with Gasteiger partial charge < -0.3 is 9.32 Å². The molecule has 0 spiro atoms. The van der Waals surface area contributed by atoms with Gasteiger partial charge in [0.15, 0.2) is 0 Å². The molecule has 3 rings (SSSR count). The van der Waals surface area contributed by atoms with Gasteiger partial charge in [0.25, 0.3) is 5.91 Å². The smallest absolute Gasteiger partial charge is 0.254 e. The van der Waals surface area contributed by atoms with E-state index in [1.807, 2.05) is 35.7 Å². The maximum absolute atomic E-state index is 12.7. The maximum atomic E-state index is 12.7. The number of aromatic nitrogens is 1.